The van der Waals surface area contributed by atoms with Crippen LogP contribution >= 0.6 is 34.7 Å². The van der Waals surface area contributed by atoms with Crippen molar-refractivity contribution in [2.75, 3.05) is 11.9 Å². The molecule has 8 heteroatoms. The average molecular weight is 288 g/mol. The lowest BCUT2D eigenvalue weighted by Gasteiger charge is -2.02. The van der Waals surface area contributed by atoms with Gasteiger partial charge in [-0.2, -0.15) is 15.0 Å². The van der Waals surface area contributed by atoms with Gasteiger partial charge in [-0.15, -0.1) is 11.3 Å². The van der Waals surface area contributed by atoms with Crippen LogP contribution in [-0.4, -0.2) is 26.5 Å². The first kappa shape index (κ1) is 12.5. The number of aromatic nitrogens is 4. The highest BCUT2D eigenvalue weighted by Gasteiger charge is 2.08. The molecule has 0 amide bonds. The second-order valence-corrected chi connectivity index (χ2v) is 5.51. The van der Waals surface area contributed by atoms with Gasteiger partial charge in [-0.3, -0.25) is 0 Å². The molecule has 0 aliphatic heterocycles. The van der Waals surface area contributed by atoms with Crippen molar-refractivity contribution in [1.82, 2.24) is 19.9 Å². The maximum atomic E-state index is 5.82. The second kappa shape index (κ2) is 5.61. The van der Waals surface area contributed by atoms with E-state index in [2.05, 4.69) is 25.3 Å². The van der Waals surface area contributed by atoms with Gasteiger partial charge in [0.15, 0.2) is 4.34 Å². The lowest BCUT2D eigenvalue weighted by atomic mass is 10.6. The van der Waals surface area contributed by atoms with Crippen molar-refractivity contribution in [3.63, 3.8) is 0 Å². The fourth-order valence-electron chi connectivity index (χ4n) is 1.07. The van der Waals surface area contributed by atoms with E-state index in [9.17, 15) is 0 Å². The van der Waals surface area contributed by atoms with Gasteiger partial charge in [-0.25, -0.2) is 4.98 Å². The number of rotatable bonds is 4. The number of anilines is 1. The summed E-state index contributed by atoms with van der Waals surface area (Å²) >= 11 is 8.77. The highest BCUT2D eigenvalue weighted by molar-refractivity contribution is 8.00. The Morgan fingerprint density at radius 2 is 2.18 bits per heavy atom. The fourth-order valence-corrected chi connectivity index (χ4v) is 2.97. The molecule has 2 heterocycles. The molecule has 2 aromatic heterocycles. The van der Waals surface area contributed by atoms with Gasteiger partial charge in [0.2, 0.25) is 16.4 Å². The summed E-state index contributed by atoms with van der Waals surface area (Å²) in [4.78, 5) is 16.6. The molecule has 2 rings (SSSR count). The molecule has 0 aliphatic rings. The van der Waals surface area contributed by atoms with E-state index in [1.807, 2.05) is 19.2 Å². The normalized spacial score (nSPS) is 10.5. The highest BCUT2D eigenvalue weighted by Crippen LogP contribution is 2.28. The fraction of sp³-hybridized carbons (Fsp3) is 0.333. The van der Waals surface area contributed by atoms with Crippen LogP contribution in [0.3, 0.4) is 0 Å². The maximum absolute atomic E-state index is 5.82. The van der Waals surface area contributed by atoms with E-state index in [1.54, 1.807) is 11.3 Å². The summed E-state index contributed by atoms with van der Waals surface area (Å²) in [5.41, 5.74) is 0.990. The first-order valence-electron chi connectivity index (χ1n) is 4.93. The molecular formula is C9H10ClN5S2. The van der Waals surface area contributed by atoms with Gasteiger partial charge in [-0.1, -0.05) is 0 Å². The van der Waals surface area contributed by atoms with Crippen LogP contribution in [0.15, 0.2) is 14.9 Å². The molecule has 0 fully saturated rings. The van der Waals surface area contributed by atoms with Gasteiger partial charge in [-0.05, 0) is 37.2 Å². The minimum absolute atomic E-state index is 0.187. The molecule has 0 aliphatic carbocycles. The molecule has 1 N–H and O–H groups in total. The van der Waals surface area contributed by atoms with Crippen molar-refractivity contribution in [3.05, 3.63) is 16.4 Å². The van der Waals surface area contributed by atoms with E-state index in [4.69, 9.17) is 11.6 Å². The van der Waals surface area contributed by atoms with Crippen molar-refractivity contribution in [2.45, 2.75) is 23.3 Å². The first-order chi connectivity index (χ1) is 8.17. The number of aryl methyl sites for hydroxylation is 1. The number of halogens is 1. The summed E-state index contributed by atoms with van der Waals surface area (Å²) in [6.07, 6.45) is 0. The molecule has 0 bridgehead atoms. The Labute approximate surface area is 112 Å². The minimum atomic E-state index is 0.187. The zero-order valence-electron chi connectivity index (χ0n) is 9.27. The minimum Gasteiger partial charge on any atom is -0.354 e. The van der Waals surface area contributed by atoms with E-state index < -0.39 is 0 Å². The lowest BCUT2D eigenvalue weighted by molar-refractivity contribution is 0.897. The maximum Gasteiger partial charge on any atom is 0.228 e. The monoisotopic (exact) mass is 287 g/mol. The number of hydrogen-bond acceptors (Lipinski definition) is 7. The van der Waals surface area contributed by atoms with E-state index >= 15 is 0 Å². The molecule has 0 radical (unpaired) electrons. The van der Waals surface area contributed by atoms with E-state index in [1.165, 1.54) is 11.8 Å². The van der Waals surface area contributed by atoms with Crippen LogP contribution in [0.25, 0.3) is 0 Å². The third-order valence-electron chi connectivity index (χ3n) is 1.70. The Morgan fingerprint density at radius 3 is 2.82 bits per heavy atom. The Kier molecular flexibility index (Phi) is 4.14. The summed E-state index contributed by atoms with van der Waals surface area (Å²) in [7, 11) is 0. The molecule has 0 spiro atoms. The smallest absolute Gasteiger partial charge is 0.228 e. The standard InChI is InChI=1S/C9H10ClN5S2/c1-3-11-7-13-6(10)14-8(15-7)17-9-12-5(2)4-16-9/h4H,3H2,1-2H3,(H,11,13,14,15). The lowest BCUT2D eigenvalue weighted by Crippen LogP contribution is -2.04. The third-order valence-corrected chi connectivity index (χ3v) is 3.79. The van der Waals surface area contributed by atoms with Crippen molar-refractivity contribution in [1.29, 1.82) is 0 Å². The van der Waals surface area contributed by atoms with E-state index in [0.717, 1.165) is 16.6 Å². The van der Waals surface area contributed by atoms with Gasteiger partial charge >= 0.3 is 0 Å². The molecular weight excluding hydrogens is 278 g/mol. The zero-order chi connectivity index (χ0) is 12.3. The Hall–Kier alpha value is -0.920. The van der Waals surface area contributed by atoms with E-state index in [0.29, 0.717) is 11.1 Å². The number of nitrogens with one attached hydrogen (secondary N) is 1. The molecule has 0 saturated heterocycles. The summed E-state index contributed by atoms with van der Waals surface area (Å²) in [6, 6.07) is 0. The van der Waals surface area contributed by atoms with Gasteiger partial charge in [0, 0.05) is 17.6 Å². The van der Waals surface area contributed by atoms with Crippen molar-refractivity contribution in [2.24, 2.45) is 0 Å². The molecule has 90 valence electrons. The summed E-state index contributed by atoms with van der Waals surface area (Å²) in [5, 5.41) is 5.72. The topological polar surface area (TPSA) is 63.6 Å². The van der Waals surface area contributed by atoms with Crippen LogP contribution in [-0.2, 0) is 0 Å². The highest BCUT2D eigenvalue weighted by atomic mass is 35.5. The number of thiazole rings is 1. The molecule has 2 aromatic rings. The van der Waals surface area contributed by atoms with Crippen molar-refractivity contribution in [3.8, 4) is 0 Å². The molecule has 0 atom stereocenters. The number of nitrogens with zero attached hydrogens (tertiary/aromatic N) is 4. The summed E-state index contributed by atoms with van der Waals surface area (Å²) in [5.74, 6) is 0.489. The first-order valence-corrected chi connectivity index (χ1v) is 7.00. The molecule has 0 saturated carbocycles. The van der Waals surface area contributed by atoms with Crippen molar-refractivity contribution < 1.29 is 0 Å². The van der Waals surface area contributed by atoms with Crippen LogP contribution < -0.4 is 5.32 Å². The van der Waals surface area contributed by atoms with Crippen LogP contribution in [0.1, 0.15) is 12.6 Å². The van der Waals surface area contributed by atoms with Crippen molar-refractivity contribution >= 4 is 40.6 Å². The van der Waals surface area contributed by atoms with Gasteiger partial charge < -0.3 is 5.32 Å². The molecule has 0 unspecified atom stereocenters. The Balaban J connectivity index is 2.20. The Bertz CT molecular complexity index is 516. The quantitative estimate of drug-likeness (QED) is 0.933. The van der Waals surface area contributed by atoms with Crippen LogP contribution in [0.4, 0.5) is 5.95 Å². The van der Waals surface area contributed by atoms with Gasteiger partial charge in [0.1, 0.15) is 0 Å². The molecule has 5 nitrogen and oxygen atoms in total. The Morgan fingerprint density at radius 1 is 1.35 bits per heavy atom. The summed E-state index contributed by atoms with van der Waals surface area (Å²) < 4.78 is 0.896. The predicted octanol–water partition coefficient (Wildman–Crippen LogP) is 2.87. The van der Waals surface area contributed by atoms with E-state index in [-0.39, 0.29) is 5.28 Å². The molecule has 17 heavy (non-hydrogen) atoms. The van der Waals surface area contributed by atoms with Gasteiger partial charge in [0.25, 0.3) is 0 Å². The average Bonchev–Trinajstić information content (AvgIpc) is 2.63. The zero-order valence-corrected chi connectivity index (χ0v) is 11.7. The molecule has 0 aromatic carbocycles. The number of hydrogen-bond donors (Lipinski definition) is 1. The van der Waals surface area contributed by atoms with Crippen LogP contribution in [0, 0.1) is 6.92 Å². The summed E-state index contributed by atoms with van der Waals surface area (Å²) in [6.45, 7) is 4.65. The second-order valence-electron chi connectivity index (χ2n) is 3.10. The predicted molar refractivity (Wildman–Crippen MR) is 70.0 cm³/mol. The largest absolute Gasteiger partial charge is 0.354 e. The third kappa shape index (κ3) is 3.52. The van der Waals surface area contributed by atoms with Crippen LogP contribution in [0.2, 0.25) is 5.28 Å². The van der Waals surface area contributed by atoms with Crippen LogP contribution in [0.5, 0.6) is 0 Å². The van der Waals surface area contributed by atoms with Gasteiger partial charge in [0.05, 0.1) is 0 Å². The SMILES string of the molecule is CCNc1nc(Cl)nc(Sc2nc(C)cs2)n1.